The lowest BCUT2D eigenvalue weighted by molar-refractivity contribution is -0.138. The number of carbonyl (C=O) groups excluding carboxylic acids is 1. The predicted octanol–water partition coefficient (Wildman–Crippen LogP) is 3.64. The van der Waals surface area contributed by atoms with Crippen LogP contribution in [0.5, 0.6) is 0 Å². The molecule has 2 N–H and O–H groups in total. The Balaban J connectivity index is 1.99. The molecule has 1 saturated heterocycles. The first-order valence-electron chi connectivity index (χ1n) is 7.26. The zero-order chi connectivity index (χ0) is 17.5. The lowest BCUT2D eigenvalue weighted by Crippen LogP contribution is -2.32. The number of aliphatic hydroxyl groups excluding tert-OH is 1. The summed E-state index contributed by atoms with van der Waals surface area (Å²) in [7, 11) is 0. The lowest BCUT2D eigenvalue weighted by atomic mass is 9.97. The normalized spacial score (nSPS) is 21.3. The van der Waals surface area contributed by atoms with Crippen molar-refractivity contribution in [2.24, 2.45) is 0 Å². The third kappa shape index (κ3) is 3.14. The van der Waals surface area contributed by atoms with Crippen LogP contribution in [-0.2, 0) is 6.18 Å². The molecule has 0 aliphatic carbocycles. The van der Waals surface area contributed by atoms with Gasteiger partial charge in [-0.05, 0) is 24.1 Å². The van der Waals surface area contributed by atoms with E-state index >= 15 is 0 Å². The third-order valence-corrected chi connectivity index (χ3v) is 4.26. The van der Waals surface area contributed by atoms with E-state index in [1.807, 2.05) is 0 Å². The Morgan fingerprint density at radius 3 is 2.67 bits per heavy atom. The number of H-pyrrole nitrogens is 1. The highest BCUT2D eigenvalue weighted by Crippen LogP contribution is 2.40. The summed E-state index contributed by atoms with van der Waals surface area (Å²) in [6, 6.07) is 5.66. The van der Waals surface area contributed by atoms with Crippen LogP contribution in [0.1, 0.15) is 34.1 Å². The molecule has 2 atom stereocenters. The van der Waals surface area contributed by atoms with E-state index in [9.17, 15) is 23.1 Å². The average Bonchev–Trinajstić information content (AvgIpc) is 3.12. The predicted molar refractivity (Wildman–Crippen MR) is 81.6 cm³/mol. The number of rotatable bonds is 2. The van der Waals surface area contributed by atoms with Gasteiger partial charge < -0.3 is 15.0 Å². The first-order valence-corrected chi connectivity index (χ1v) is 7.64. The maximum Gasteiger partial charge on any atom is 0.416 e. The van der Waals surface area contributed by atoms with Crippen molar-refractivity contribution in [3.05, 3.63) is 58.4 Å². The highest BCUT2D eigenvalue weighted by atomic mass is 35.5. The van der Waals surface area contributed by atoms with E-state index in [0.29, 0.717) is 5.02 Å². The standard InChI is InChI=1S/C16H14ClF3N2O2/c17-9-5-13(21-7-9)15(24)22-8-10(23)6-14(22)11-3-1-2-4-12(11)16(18,19)20/h1-5,7,10,14,21,23H,6,8H2. The molecule has 0 spiro atoms. The van der Waals surface area contributed by atoms with Gasteiger partial charge in [0.2, 0.25) is 0 Å². The molecule has 4 nitrogen and oxygen atoms in total. The van der Waals surface area contributed by atoms with Gasteiger partial charge in [0.25, 0.3) is 5.91 Å². The maximum absolute atomic E-state index is 13.3. The third-order valence-electron chi connectivity index (χ3n) is 4.04. The molecular formula is C16H14ClF3N2O2. The average molecular weight is 359 g/mol. The monoisotopic (exact) mass is 358 g/mol. The molecule has 128 valence electrons. The Hall–Kier alpha value is -1.99. The molecular weight excluding hydrogens is 345 g/mol. The van der Waals surface area contributed by atoms with Crippen LogP contribution >= 0.6 is 11.6 Å². The number of aromatic amines is 1. The molecule has 0 bridgehead atoms. The van der Waals surface area contributed by atoms with E-state index in [2.05, 4.69) is 4.98 Å². The Bertz CT molecular complexity index is 760. The van der Waals surface area contributed by atoms with Gasteiger partial charge in [0.15, 0.2) is 0 Å². The summed E-state index contributed by atoms with van der Waals surface area (Å²) in [5, 5.41) is 10.2. The van der Waals surface area contributed by atoms with E-state index in [1.165, 1.54) is 35.4 Å². The fourth-order valence-electron chi connectivity index (χ4n) is 3.02. The summed E-state index contributed by atoms with van der Waals surface area (Å²) in [5.74, 6) is -0.500. The number of halogens is 4. The second kappa shape index (κ2) is 6.14. The molecule has 24 heavy (non-hydrogen) atoms. The molecule has 2 unspecified atom stereocenters. The molecule has 1 aromatic heterocycles. The molecule has 1 aliphatic heterocycles. The van der Waals surface area contributed by atoms with Gasteiger partial charge in [0, 0.05) is 12.7 Å². The Morgan fingerprint density at radius 2 is 2.04 bits per heavy atom. The van der Waals surface area contributed by atoms with Crippen molar-refractivity contribution in [3.8, 4) is 0 Å². The van der Waals surface area contributed by atoms with Crippen LogP contribution in [0.25, 0.3) is 0 Å². The molecule has 1 amide bonds. The number of likely N-dealkylation sites (tertiary alicyclic amines) is 1. The van der Waals surface area contributed by atoms with Gasteiger partial charge in [-0.15, -0.1) is 0 Å². The van der Waals surface area contributed by atoms with Crippen molar-refractivity contribution >= 4 is 17.5 Å². The van der Waals surface area contributed by atoms with Crippen LogP contribution in [0.3, 0.4) is 0 Å². The van der Waals surface area contributed by atoms with Crippen LogP contribution in [0.2, 0.25) is 5.02 Å². The van der Waals surface area contributed by atoms with Gasteiger partial charge >= 0.3 is 6.18 Å². The second-order valence-electron chi connectivity index (χ2n) is 5.68. The van der Waals surface area contributed by atoms with Crippen LogP contribution in [0.4, 0.5) is 13.2 Å². The van der Waals surface area contributed by atoms with Crippen LogP contribution in [0, 0.1) is 0 Å². The summed E-state index contributed by atoms with van der Waals surface area (Å²) < 4.78 is 39.8. The SMILES string of the molecule is O=C(c1cc(Cl)c[nH]1)N1CC(O)CC1c1ccccc1C(F)(F)F. The smallest absolute Gasteiger partial charge is 0.391 e. The van der Waals surface area contributed by atoms with Crippen molar-refractivity contribution in [1.82, 2.24) is 9.88 Å². The van der Waals surface area contributed by atoms with Crippen molar-refractivity contribution in [2.45, 2.75) is 24.7 Å². The fraction of sp³-hybridized carbons (Fsp3) is 0.312. The number of alkyl halides is 3. The quantitative estimate of drug-likeness (QED) is 0.861. The van der Waals surface area contributed by atoms with Crippen LogP contribution < -0.4 is 0 Å². The molecule has 1 fully saturated rings. The van der Waals surface area contributed by atoms with E-state index in [-0.39, 0.29) is 24.2 Å². The second-order valence-corrected chi connectivity index (χ2v) is 6.12. The first kappa shape index (κ1) is 16.9. The Kier molecular flexibility index (Phi) is 4.31. The highest BCUT2D eigenvalue weighted by Gasteiger charge is 2.41. The van der Waals surface area contributed by atoms with Crippen LogP contribution in [-0.4, -0.2) is 33.5 Å². The minimum absolute atomic E-state index is 0.0208. The first-order chi connectivity index (χ1) is 11.3. The lowest BCUT2D eigenvalue weighted by Gasteiger charge is -2.26. The van der Waals surface area contributed by atoms with Gasteiger partial charge in [-0.1, -0.05) is 29.8 Å². The number of aromatic nitrogens is 1. The van der Waals surface area contributed by atoms with Crippen LogP contribution in [0.15, 0.2) is 36.5 Å². The number of amides is 1. The molecule has 0 saturated carbocycles. The van der Waals surface area contributed by atoms with Crippen molar-refractivity contribution in [1.29, 1.82) is 0 Å². The number of nitrogens with one attached hydrogen (secondary N) is 1. The summed E-state index contributed by atoms with van der Waals surface area (Å²) in [6.45, 7) is -0.0354. The minimum atomic E-state index is -4.53. The zero-order valence-corrected chi connectivity index (χ0v) is 13.1. The molecule has 1 aliphatic rings. The van der Waals surface area contributed by atoms with E-state index < -0.39 is 29.8 Å². The highest BCUT2D eigenvalue weighted by molar-refractivity contribution is 6.30. The van der Waals surface area contributed by atoms with Gasteiger partial charge in [0.05, 0.1) is 22.7 Å². The number of hydrogen-bond acceptors (Lipinski definition) is 2. The largest absolute Gasteiger partial charge is 0.416 e. The molecule has 1 aromatic carbocycles. The molecule has 3 rings (SSSR count). The molecule has 8 heteroatoms. The summed E-state index contributed by atoms with van der Waals surface area (Å²) in [4.78, 5) is 16.5. The summed E-state index contributed by atoms with van der Waals surface area (Å²) in [6.07, 6.45) is -3.95. The number of benzene rings is 1. The molecule has 2 aromatic rings. The number of hydrogen-bond donors (Lipinski definition) is 2. The topological polar surface area (TPSA) is 56.3 Å². The van der Waals surface area contributed by atoms with Crippen molar-refractivity contribution in [2.75, 3.05) is 6.54 Å². The number of carbonyl (C=O) groups is 1. The number of aliphatic hydroxyl groups is 1. The minimum Gasteiger partial charge on any atom is -0.391 e. The van der Waals surface area contributed by atoms with Gasteiger partial charge in [-0.25, -0.2) is 0 Å². The number of β-amino-alcohol motifs (C(OH)–C–C–N with tert-alkyl or cyclic N) is 1. The Labute approximate surface area is 140 Å². The fourth-order valence-corrected chi connectivity index (χ4v) is 3.19. The molecule has 2 heterocycles. The van der Waals surface area contributed by atoms with Gasteiger partial charge in [-0.2, -0.15) is 13.2 Å². The van der Waals surface area contributed by atoms with Gasteiger partial charge in [-0.3, -0.25) is 4.79 Å². The van der Waals surface area contributed by atoms with Crippen molar-refractivity contribution in [3.63, 3.8) is 0 Å². The zero-order valence-electron chi connectivity index (χ0n) is 12.3. The summed E-state index contributed by atoms with van der Waals surface area (Å²) in [5.41, 5.74) is -0.650. The molecule has 0 radical (unpaired) electrons. The van der Waals surface area contributed by atoms with E-state index in [4.69, 9.17) is 11.6 Å². The summed E-state index contributed by atoms with van der Waals surface area (Å²) >= 11 is 5.78. The van der Waals surface area contributed by atoms with E-state index in [0.717, 1.165) is 6.07 Å². The maximum atomic E-state index is 13.3. The Morgan fingerprint density at radius 1 is 1.33 bits per heavy atom. The van der Waals surface area contributed by atoms with Gasteiger partial charge in [0.1, 0.15) is 5.69 Å². The number of nitrogens with zero attached hydrogens (tertiary/aromatic N) is 1. The van der Waals surface area contributed by atoms with Crippen molar-refractivity contribution < 1.29 is 23.1 Å². The van der Waals surface area contributed by atoms with E-state index in [1.54, 1.807) is 0 Å².